The van der Waals surface area contributed by atoms with Gasteiger partial charge in [-0.25, -0.2) is 0 Å². The van der Waals surface area contributed by atoms with E-state index in [1.165, 1.54) is 0 Å². The first-order chi connectivity index (χ1) is 8.15. The molecule has 2 N–H and O–H groups in total. The Morgan fingerprint density at radius 3 is 2.76 bits per heavy atom. The zero-order chi connectivity index (χ0) is 12.7. The van der Waals surface area contributed by atoms with Crippen LogP contribution in [0.15, 0.2) is 28.7 Å². The SMILES string of the molecule is CCNCCC(=O)N[C@@H](C)c1ccccc1Br. The van der Waals surface area contributed by atoms with Gasteiger partial charge in [0.1, 0.15) is 0 Å². The molecule has 0 heterocycles. The lowest BCUT2D eigenvalue weighted by Gasteiger charge is -2.15. The number of hydrogen-bond donors (Lipinski definition) is 2. The normalized spacial score (nSPS) is 12.2. The van der Waals surface area contributed by atoms with Crippen LogP contribution in [-0.4, -0.2) is 19.0 Å². The predicted molar refractivity (Wildman–Crippen MR) is 73.9 cm³/mol. The van der Waals surface area contributed by atoms with Gasteiger partial charge in [0.25, 0.3) is 0 Å². The summed E-state index contributed by atoms with van der Waals surface area (Å²) in [7, 11) is 0. The smallest absolute Gasteiger partial charge is 0.221 e. The number of rotatable bonds is 6. The maximum Gasteiger partial charge on any atom is 0.221 e. The summed E-state index contributed by atoms with van der Waals surface area (Å²) in [5.74, 6) is 0.0780. The van der Waals surface area contributed by atoms with E-state index in [1.54, 1.807) is 0 Å². The van der Waals surface area contributed by atoms with Crippen LogP contribution < -0.4 is 10.6 Å². The molecule has 0 radical (unpaired) electrons. The van der Waals surface area contributed by atoms with Crippen LogP contribution >= 0.6 is 15.9 Å². The lowest BCUT2D eigenvalue weighted by molar-refractivity contribution is -0.121. The first kappa shape index (κ1) is 14.2. The summed E-state index contributed by atoms with van der Waals surface area (Å²) in [6.07, 6.45) is 0.517. The molecule has 0 aliphatic carbocycles. The van der Waals surface area contributed by atoms with Gasteiger partial charge in [-0.05, 0) is 25.1 Å². The Morgan fingerprint density at radius 1 is 1.41 bits per heavy atom. The van der Waals surface area contributed by atoms with Crippen molar-refractivity contribution in [1.82, 2.24) is 10.6 Å². The maximum atomic E-state index is 11.6. The van der Waals surface area contributed by atoms with E-state index in [2.05, 4.69) is 26.6 Å². The zero-order valence-corrected chi connectivity index (χ0v) is 11.9. The van der Waals surface area contributed by atoms with E-state index in [-0.39, 0.29) is 11.9 Å². The van der Waals surface area contributed by atoms with Crippen molar-refractivity contribution in [3.63, 3.8) is 0 Å². The summed E-state index contributed by atoms with van der Waals surface area (Å²) in [5.41, 5.74) is 1.10. The topological polar surface area (TPSA) is 41.1 Å². The summed E-state index contributed by atoms with van der Waals surface area (Å²) in [4.78, 5) is 11.6. The molecule has 94 valence electrons. The molecule has 4 heteroatoms. The maximum absolute atomic E-state index is 11.6. The molecule has 1 amide bonds. The minimum Gasteiger partial charge on any atom is -0.350 e. The van der Waals surface area contributed by atoms with Gasteiger partial charge in [-0.15, -0.1) is 0 Å². The van der Waals surface area contributed by atoms with Crippen LogP contribution in [0.5, 0.6) is 0 Å². The third-order valence-electron chi connectivity index (χ3n) is 2.53. The largest absolute Gasteiger partial charge is 0.350 e. The molecule has 0 aliphatic heterocycles. The molecule has 0 unspecified atom stereocenters. The van der Waals surface area contributed by atoms with Gasteiger partial charge >= 0.3 is 0 Å². The van der Waals surface area contributed by atoms with E-state index in [0.29, 0.717) is 6.42 Å². The van der Waals surface area contributed by atoms with Gasteiger partial charge in [0.2, 0.25) is 5.91 Å². The monoisotopic (exact) mass is 298 g/mol. The third-order valence-corrected chi connectivity index (χ3v) is 3.25. The van der Waals surface area contributed by atoms with Crippen molar-refractivity contribution in [3.05, 3.63) is 34.3 Å². The van der Waals surface area contributed by atoms with Crippen LogP contribution in [0.4, 0.5) is 0 Å². The molecule has 0 saturated heterocycles. The van der Waals surface area contributed by atoms with Gasteiger partial charge in [-0.1, -0.05) is 41.1 Å². The Kier molecular flexibility index (Phi) is 6.22. The lowest BCUT2D eigenvalue weighted by atomic mass is 10.1. The molecule has 0 spiro atoms. The molecule has 17 heavy (non-hydrogen) atoms. The number of benzene rings is 1. The third kappa shape index (κ3) is 4.88. The highest BCUT2D eigenvalue weighted by Gasteiger charge is 2.11. The Balaban J connectivity index is 2.46. The van der Waals surface area contributed by atoms with Crippen molar-refractivity contribution in [3.8, 4) is 0 Å². The van der Waals surface area contributed by atoms with Gasteiger partial charge in [0.15, 0.2) is 0 Å². The summed E-state index contributed by atoms with van der Waals surface area (Å²) in [6.45, 7) is 5.64. The quantitative estimate of drug-likeness (QED) is 0.793. The van der Waals surface area contributed by atoms with Crippen LogP contribution in [0.3, 0.4) is 0 Å². The van der Waals surface area contributed by atoms with E-state index in [4.69, 9.17) is 0 Å². The minimum absolute atomic E-state index is 0.0275. The Labute approximate surface area is 111 Å². The van der Waals surface area contributed by atoms with Crippen LogP contribution in [0, 0.1) is 0 Å². The second-order valence-corrected chi connectivity index (χ2v) is 4.77. The van der Waals surface area contributed by atoms with Gasteiger partial charge in [0, 0.05) is 17.4 Å². The van der Waals surface area contributed by atoms with E-state index in [0.717, 1.165) is 23.1 Å². The van der Waals surface area contributed by atoms with E-state index >= 15 is 0 Å². The molecular formula is C13H19BrN2O. The van der Waals surface area contributed by atoms with Crippen LogP contribution in [-0.2, 0) is 4.79 Å². The Bertz CT molecular complexity index is 368. The van der Waals surface area contributed by atoms with Crippen LogP contribution in [0.25, 0.3) is 0 Å². The zero-order valence-electron chi connectivity index (χ0n) is 10.3. The number of nitrogens with one attached hydrogen (secondary N) is 2. The summed E-state index contributed by atoms with van der Waals surface area (Å²) < 4.78 is 1.03. The molecule has 0 bridgehead atoms. The molecule has 1 atom stereocenters. The molecule has 1 aromatic rings. The van der Waals surface area contributed by atoms with Gasteiger partial charge < -0.3 is 10.6 Å². The fourth-order valence-corrected chi connectivity index (χ4v) is 2.22. The average molecular weight is 299 g/mol. The molecule has 1 rings (SSSR count). The van der Waals surface area contributed by atoms with E-state index < -0.39 is 0 Å². The van der Waals surface area contributed by atoms with Gasteiger partial charge in [0.05, 0.1) is 6.04 Å². The highest BCUT2D eigenvalue weighted by Crippen LogP contribution is 2.22. The minimum atomic E-state index is 0.0275. The van der Waals surface area contributed by atoms with E-state index in [1.807, 2.05) is 38.1 Å². The highest BCUT2D eigenvalue weighted by molar-refractivity contribution is 9.10. The summed E-state index contributed by atoms with van der Waals surface area (Å²) in [5, 5.41) is 6.12. The number of hydrogen-bond acceptors (Lipinski definition) is 2. The molecular weight excluding hydrogens is 280 g/mol. The van der Waals surface area contributed by atoms with Crippen LogP contribution in [0.1, 0.15) is 31.9 Å². The molecule has 3 nitrogen and oxygen atoms in total. The van der Waals surface area contributed by atoms with Crippen molar-refractivity contribution < 1.29 is 4.79 Å². The van der Waals surface area contributed by atoms with Crippen molar-refractivity contribution in [2.75, 3.05) is 13.1 Å². The fraction of sp³-hybridized carbons (Fsp3) is 0.462. The highest BCUT2D eigenvalue weighted by atomic mass is 79.9. The van der Waals surface area contributed by atoms with Gasteiger partial charge in [-0.2, -0.15) is 0 Å². The molecule has 0 saturated carbocycles. The first-order valence-electron chi connectivity index (χ1n) is 5.89. The number of halogens is 1. The summed E-state index contributed by atoms with van der Waals surface area (Å²) >= 11 is 3.49. The Hall–Kier alpha value is -0.870. The van der Waals surface area contributed by atoms with E-state index in [9.17, 15) is 4.79 Å². The molecule has 1 aromatic carbocycles. The Morgan fingerprint density at radius 2 is 2.12 bits per heavy atom. The second-order valence-electron chi connectivity index (χ2n) is 3.91. The second kappa shape index (κ2) is 7.45. The fourth-order valence-electron chi connectivity index (χ4n) is 1.60. The summed E-state index contributed by atoms with van der Waals surface area (Å²) in [6, 6.07) is 7.96. The van der Waals surface area contributed by atoms with Crippen molar-refractivity contribution >= 4 is 21.8 Å². The standard InChI is InChI=1S/C13H19BrN2O/c1-3-15-9-8-13(17)16-10(2)11-6-4-5-7-12(11)14/h4-7,10,15H,3,8-9H2,1-2H3,(H,16,17)/t10-/m0/s1. The van der Waals surface area contributed by atoms with Crippen molar-refractivity contribution in [2.24, 2.45) is 0 Å². The molecule has 0 aromatic heterocycles. The van der Waals surface area contributed by atoms with Gasteiger partial charge in [-0.3, -0.25) is 4.79 Å². The van der Waals surface area contributed by atoms with Crippen molar-refractivity contribution in [2.45, 2.75) is 26.3 Å². The lowest BCUT2D eigenvalue weighted by Crippen LogP contribution is -2.29. The number of amides is 1. The van der Waals surface area contributed by atoms with Crippen LogP contribution in [0.2, 0.25) is 0 Å². The average Bonchev–Trinajstić information content (AvgIpc) is 2.29. The molecule has 0 aliphatic rings. The predicted octanol–water partition coefficient (Wildman–Crippen LogP) is 2.63. The first-order valence-corrected chi connectivity index (χ1v) is 6.69. The van der Waals surface area contributed by atoms with Crippen molar-refractivity contribution in [1.29, 1.82) is 0 Å². The number of carbonyl (C=O) groups is 1. The molecule has 0 fully saturated rings. The number of carbonyl (C=O) groups excluding carboxylic acids is 1.